The van der Waals surface area contributed by atoms with Gasteiger partial charge in [-0.3, -0.25) is 14.5 Å². The van der Waals surface area contributed by atoms with Crippen molar-refractivity contribution >= 4 is 36.8 Å². The summed E-state index contributed by atoms with van der Waals surface area (Å²) in [4.78, 5) is -0.165. The van der Waals surface area contributed by atoms with Crippen LogP contribution in [0.3, 0.4) is 0 Å². The summed E-state index contributed by atoms with van der Waals surface area (Å²) in [6.07, 6.45) is 3.26. The normalized spacial score (nSPS) is 11.9. The van der Waals surface area contributed by atoms with Crippen LogP contribution in [0.2, 0.25) is 0 Å². The maximum absolute atomic E-state index is 13.3. The first-order chi connectivity index (χ1) is 18.1. The van der Waals surface area contributed by atoms with E-state index in [0.717, 1.165) is 11.0 Å². The summed E-state index contributed by atoms with van der Waals surface area (Å²) in [6.45, 7) is 3.66. The molecule has 0 radical (unpaired) electrons. The fraction of sp³-hybridized carbons (Fsp3) is 0.217. The van der Waals surface area contributed by atoms with Gasteiger partial charge in [-0.1, -0.05) is 12.6 Å². The molecular formula is C23H26N6O7S2. The molecule has 2 aromatic heterocycles. The van der Waals surface area contributed by atoms with E-state index in [2.05, 4.69) is 31.3 Å². The van der Waals surface area contributed by atoms with E-state index in [9.17, 15) is 16.8 Å². The highest BCUT2D eigenvalue weighted by molar-refractivity contribution is 7.93. The molecule has 0 saturated carbocycles. The van der Waals surface area contributed by atoms with Gasteiger partial charge >= 0.3 is 0 Å². The van der Waals surface area contributed by atoms with Gasteiger partial charge in [0.1, 0.15) is 17.2 Å². The standard InChI is InChI=1S/C23H26N6O7S2/c1-5-37(30,31)25-12-16-11-24-29(14-16)13-15-9-17-21(20(10-15)36-4)23(27-26-17)28-38(32,33)22-18(34-2)7-6-8-19(22)35-3/h5-11,14,25H,1,12-13H2,2-4H3,(H2,26,27,28). The van der Waals surface area contributed by atoms with Crippen LogP contribution in [-0.4, -0.2) is 58.1 Å². The van der Waals surface area contributed by atoms with E-state index in [1.807, 2.05) is 0 Å². The van der Waals surface area contributed by atoms with Gasteiger partial charge in [0.2, 0.25) is 10.0 Å². The van der Waals surface area contributed by atoms with Crippen LogP contribution in [0, 0.1) is 0 Å². The molecule has 4 aromatic rings. The summed E-state index contributed by atoms with van der Waals surface area (Å²) in [5, 5.41) is 12.5. The molecule has 0 aliphatic carbocycles. The highest BCUT2D eigenvalue weighted by Crippen LogP contribution is 2.37. The molecule has 0 fully saturated rings. The van der Waals surface area contributed by atoms with Gasteiger partial charge in [-0.2, -0.15) is 10.2 Å². The molecule has 15 heteroatoms. The number of hydrogen-bond acceptors (Lipinski definition) is 9. The van der Waals surface area contributed by atoms with Gasteiger partial charge in [0.15, 0.2) is 10.7 Å². The van der Waals surface area contributed by atoms with Crippen LogP contribution in [-0.2, 0) is 33.1 Å². The van der Waals surface area contributed by atoms with Crippen LogP contribution < -0.4 is 23.7 Å². The Hall–Kier alpha value is -4.08. The number of aromatic nitrogens is 4. The van der Waals surface area contributed by atoms with Crippen molar-refractivity contribution in [3.8, 4) is 17.2 Å². The molecule has 0 atom stereocenters. The fourth-order valence-electron chi connectivity index (χ4n) is 3.78. The van der Waals surface area contributed by atoms with Crippen LogP contribution in [0.5, 0.6) is 17.2 Å². The molecule has 0 bridgehead atoms. The molecule has 13 nitrogen and oxygen atoms in total. The third-order valence-electron chi connectivity index (χ3n) is 5.52. The van der Waals surface area contributed by atoms with E-state index in [4.69, 9.17) is 14.2 Å². The third-order valence-corrected chi connectivity index (χ3v) is 7.90. The average Bonchev–Trinajstić information content (AvgIpc) is 3.53. The molecule has 0 aliphatic rings. The van der Waals surface area contributed by atoms with Crippen LogP contribution in [0.15, 0.2) is 59.6 Å². The number of benzene rings is 2. The molecule has 0 spiro atoms. The van der Waals surface area contributed by atoms with Gasteiger partial charge in [0, 0.05) is 23.7 Å². The predicted octanol–water partition coefficient (Wildman–Crippen LogP) is 2.20. The first-order valence-corrected chi connectivity index (χ1v) is 14.1. The molecule has 2 aromatic carbocycles. The molecule has 3 N–H and O–H groups in total. The lowest BCUT2D eigenvalue weighted by molar-refractivity contribution is 0.373. The second-order valence-corrected chi connectivity index (χ2v) is 11.3. The average molecular weight is 563 g/mol. The summed E-state index contributed by atoms with van der Waals surface area (Å²) in [6, 6.07) is 8.17. The Kier molecular flexibility index (Phi) is 7.61. The van der Waals surface area contributed by atoms with E-state index >= 15 is 0 Å². The lowest BCUT2D eigenvalue weighted by Gasteiger charge is -2.14. The number of ether oxygens (including phenoxy) is 3. The molecule has 2 heterocycles. The maximum Gasteiger partial charge on any atom is 0.270 e. The molecule has 38 heavy (non-hydrogen) atoms. The molecule has 0 aliphatic heterocycles. The Labute approximate surface area is 219 Å². The van der Waals surface area contributed by atoms with Crippen molar-refractivity contribution in [3.05, 3.63) is 65.8 Å². The smallest absolute Gasteiger partial charge is 0.270 e. The topological polar surface area (TPSA) is 167 Å². The van der Waals surface area contributed by atoms with E-state index in [0.29, 0.717) is 28.8 Å². The van der Waals surface area contributed by atoms with Crippen molar-refractivity contribution in [3.63, 3.8) is 0 Å². The van der Waals surface area contributed by atoms with Gasteiger partial charge in [-0.15, -0.1) is 0 Å². The number of hydrogen-bond donors (Lipinski definition) is 3. The van der Waals surface area contributed by atoms with Crippen LogP contribution in [0.4, 0.5) is 5.82 Å². The van der Waals surface area contributed by atoms with E-state index in [1.165, 1.54) is 33.5 Å². The minimum absolute atomic E-state index is 0.0345. The predicted molar refractivity (Wildman–Crippen MR) is 140 cm³/mol. The molecule has 0 unspecified atom stereocenters. The van der Waals surface area contributed by atoms with Crippen LogP contribution in [0.25, 0.3) is 10.9 Å². The van der Waals surface area contributed by atoms with Crippen LogP contribution in [0.1, 0.15) is 11.1 Å². The number of H-pyrrole nitrogens is 1. The van der Waals surface area contributed by atoms with E-state index < -0.39 is 20.0 Å². The van der Waals surface area contributed by atoms with Crippen molar-refractivity contribution in [1.82, 2.24) is 24.7 Å². The third kappa shape index (κ3) is 5.58. The molecule has 0 amide bonds. The van der Waals surface area contributed by atoms with Gasteiger partial charge in [0.25, 0.3) is 10.0 Å². The highest BCUT2D eigenvalue weighted by Gasteiger charge is 2.27. The van der Waals surface area contributed by atoms with Gasteiger partial charge < -0.3 is 14.2 Å². The number of nitrogens with zero attached hydrogens (tertiary/aromatic N) is 3. The second-order valence-electron chi connectivity index (χ2n) is 7.97. The minimum atomic E-state index is -4.17. The Morgan fingerprint density at radius 2 is 1.71 bits per heavy atom. The lowest BCUT2D eigenvalue weighted by Crippen LogP contribution is -2.19. The first-order valence-electron chi connectivity index (χ1n) is 11.0. The number of anilines is 1. The number of aromatic amines is 1. The Morgan fingerprint density at radius 3 is 2.34 bits per heavy atom. The van der Waals surface area contributed by atoms with Crippen molar-refractivity contribution in [2.75, 3.05) is 26.1 Å². The van der Waals surface area contributed by atoms with E-state index in [1.54, 1.807) is 35.3 Å². The Morgan fingerprint density at radius 1 is 1.03 bits per heavy atom. The molecule has 0 saturated heterocycles. The van der Waals surface area contributed by atoms with Gasteiger partial charge in [0.05, 0.1) is 45.0 Å². The fourth-order valence-corrected chi connectivity index (χ4v) is 5.60. The van der Waals surface area contributed by atoms with Crippen molar-refractivity contribution in [1.29, 1.82) is 0 Å². The number of nitrogens with one attached hydrogen (secondary N) is 3. The van der Waals surface area contributed by atoms with Gasteiger partial charge in [-0.25, -0.2) is 21.6 Å². The zero-order chi connectivity index (χ0) is 27.5. The van der Waals surface area contributed by atoms with Crippen molar-refractivity contribution < 1.29 is 31.0 Å². The largest absolute Gasteiger partial charge is 0.496 e. The Bertz CT molecular complexity index is 1670. The number of rotatable bonds is 12. The number of sulfonamides is 2. The van der Waals surface area contributed by atoms with Crippen molar-refractivity contribution in [2.24, 2.45) is 0 Å². The summed E-state index contributed by atoms with van der Waals surface area (Å²) >= 11 is 0. The zero-order valence-corrected chi connectivity index (χ0v) is 22.4. The van der Waals surface area contributed by atoms with Crippen LogP contribution >= 0.6 is 0 Å². The quantitative estimate of drug-likeness (QED) is 0.235. The summed E-state index contributed by atoms with van der Waals surface area (Å²) in [5.74, 6) is 0.637. The minimum Gasteiger partial charge on any atom is -0.496 e. The van der Waals surface area contributed by atoms with Crippen molar-refractivity contribution in [2.45, 2.75) is 18.0 Å². The van der Waals surface area contributed by atoms with E-state index in [-0.39, 0.29) is 28.8 Å². The monoisotopic (exact) mass is 562 g/mol. The summed E-state index contributed by atoms with van der Waals surface area (Å²) in [5.41, 5.74) is 1.96. The molecular weight excluding hydrogens is 536 g/mol. The lowest BCUT2D eigenvalue weighted by atomic mass is 10.1. The summed E-state index contributed by atoms with van der Waals surface area (Å²) in [7, 11) is -3.52. The zero-order valence-electron chi connectivity index (χ0n) is 20.8. The number of fused-ring (bicyclic) bond motifs is 1. The molecule has 202 valence electrons. The number of methoxy groups -OCH3 is 3. The summed E-state index contributed by atoms with van der Waals surface area (Å²) < 4.78 is 72.3. The molecule has 4 rings (SSSR count). The van der Waals surface area contributed by atoms with Gasteiger partial charge in [-0.05, 0) is 29.8 Å². The highest BCUT2D eigenvalue weighted by atomic mass is 32.2. The maximum atomic E-state index is 13.3. The SMILES string of the molecule is C=CS(=O)(=O)NCc1cnn(Cc2cc(OC)c3c(NS(=O)(=O)c4c(OC)cccc4OC)n[nH]c3c2)c1. The Balaban J connectivity index is 1.62. The second kappa shape index (κ2) is 10.7. The first kappa shape index (κ1) is 27.0.